The molecule has 1 aliphatic heterocycles. The van der Waals surface area contributed by atoms with Gasteiger partial charge in [-0.1, -0.05) is 29.8 Å². The lowest BCUT2D eigenvalue weighted by molar-refractivity contribution is 0.0711. The topological polar surface area (TPSA) is 64.0 Å². The van der Waals surface area contributed by atoms with Gasteiger partial charge in [0.1, 0.15) is 16.7 Å². The molecule has 7 heteroatoms. The molecule has 4 aromatic rings. The van der Waals surface area contributed by atoms with Gasteiger partial charge in [0.05, 0.1) is 31.0 Å². The lowest BCUT2D eigenvalue weighted by atomic mass is 9.98. The van der Waals surface area contributed by atoms with Crippen molar-refractivity contribution in [3.63, 3.8) is 0 Å². The van der Waals surface area contributed by atoms with Crippen molar-refractivity contribution in [3.8, 4) is 11.5 Å². The first-order valence-electron chi connectivity index (χ1n) is 11.4. The lowest BCUT2D eigenvalue weighted by Crippen LogP contribution is -2.27. The van der Waals surface area contributed by atoms with E-state index >= 15 is 0 Å². The molecule has 1 aliphatic rings. The van der Waals surface area contributed by atoms with Crippen LogP contribution in [-0.4, -0.2) is 35.3 Å². The van der Waals surface area contributed by atoms with Gasteiger partial charge in [0.15, 0.2) is 0 Å². The van der Waals surface area contributed by atoms with Crippen LogP contribution in [0.15, 0.2) is 84.0 Å². The van der Waals surface area contributed by atoms with Crippen molar-refractivity contribution in [2.24, 2.45) is 5.10 Å². The summed E-state index contributed by atoms with van der Waals surface area (Å²) in [6.07, 6.45) is 0.509. The summed E-state index contributed by atoms with van der Waals surface area (Å²) >= 11 is 6.70. The summed E-state index contributed by atoms with van der Waals surface area (Å²) in [4.78, 5) is 18.1. The van der Waals surface area contributed by atoms with E-state index in [2.05, 4.69) is 4.98 Å². The fourth-order valence-electron chi connectivity index (χ4n) is 4.24. The van der Waals surface area contributed by atoms with Crippen molar-refractivity contribution in [2.75, 3.05) is 13.7 Å². The first-order chi connectivity index (χ1) is 17.1. The Morgan fingerprint density at radius 2 is 1.77 bits per heavy atom. The summed E-state index contributed by atoms with van der Waals surface area (Å²) < 4.78 is 10.9. The van der Waals surface area contributed by atoms with Gasteiger partial charge < -0.3 is 9.47 Å². The number of amides is 1. The minimum absolute atomic E-state index is 0.193. The van der Waals surface area contributed by atoms with Crippen LogP contribution in [0.4, 0.5) is 0 Å². The fraction of sp³-hybridized carbons (Fsp3) is 0.179. The first-order valence-corrected chi connectivity index (χ1v) is 11.8. The van der Waals surface area contributed by atoms with E-state index in [1.807, 2.05) is 73.7 Å². The molecule has 6 nitrogen and oxygen atoms in total. The predicted octanol–water partition coefficient (Wildman–Crippen LogP) is 6.29. The van der Waals surface area contributed by atoms with Crippen LogP contribution in [0.5, 0.6) is 11.5 Å². The number of pyridine rings is 1. The normalized spacial score (nSPS) is 15.2. The van der Waals surface area contributed by atoms with Crippen molar-refractivity contribution >= 4 is 34.1 Å². The van der Waals surface area contributed by atoms with Crippen molar-refractivity contribution in [1.29, 1.82) is 0 Å². The van der Waals surface area contributed by atoms with Crippen molar-refractivity contribution in [1.82, 2.24) is 9.99 Å². The molecule has 1 unspecified atom stereocenters. The number of methoxy groups -OCH3 is 1. The van der Waals surface area contributed by atoms with Gasteiger partial charge in [0, 0.05) is 29.0 Å². The number of ether oxygens (including phenoxy) is 2. The number of carbonyl (C=O) groups excluding carboxylic acids is 1. The summed E-state index contributed by atoms with van der Waals surface area (Å²) in [6, 6.07) is 24.1. The number of halogens is 1. The van der Waals surface area contributed by atoms with Crippen LogP contribution >= 0.6 is 11.6 Å². The standard InChI is InChI=1S/C28H24ClN3O3/c1-3-35-22-14-11-20-15-23(27(29)30-24(20)16-22)26-17-25(18-9-12-21(34-2)13-10-18)31-32(26)28(33)19-7-5-4-6-8-19/h4-16,26H,3,17H2,1-2H3. The Bertz CT molecular complexity index is 1400. The van der Waals surface area contributed by atoms with E-state index in [0.29, 0.717) is 23.7 Å². The van der Waals surface area contributed by atoms with E-state index in [0.717, 1.165) is 39.2 Å². The molecule has 0 saturated heterocycles. The number of nitrogens with zero attached hydrogens (tertiary/aromatic N) is 3. The second kappa shape index (κ2) is 9.76. The highest BCUT2D eigenvalue weighted by atomic mass is 35.5. The molecule has 2 heterocycles. The van der Waals surface area contributed by atoms with Crippen LogP contribution in [0.25, 0.3) is 10.9 Å². The number of hydrogen-bond donors (Lipinski definition) is 0. The van der Waals surface area contributed by atoms with E-state index in [-0.39, 0.29) is 5.91 Å². The number of hydrogen-bond acceptors (Lipinski definition) is 5. The summed E-state index contributed by atoms with van der Waals surface area (Å²) in [7, 11) is 1.63. The van der Waals surface area contributed by atoms with E-state index < -0.39 is 6.04 Å². The number of hydrazone groups is 1. The summed E-state index contributed by atoms with van der Waals surface area (Å²) in [5.41, 5.74) is 3.76. The van der Waals surface area contributed by atoms with E-state index in [4.69, 9.17) is 26.2 Å². The van der Waals surface area contributed by atoms with Crippen LogP contribution in [0.3, 0.4) is 0 Å². The Kier molecular flexibility index (Phi) is 6.38. The van der Waals surface area contributed by atoms with Gasteiger partial charge >= 0.3 is 0 Å². The lowest BCUT2D eigenvalue weighted by Gasteiger charge is -2.23. The van der Waals surface area contributed by atoms with E-state index in [1.165, 1.54) is 5.01 Å². The van der Waals surface area contributed by atoms with Gasteiger partial charge in [-0.15, -0.1) is 0 Å². The van der Waals surface area contributed by atoms with Gasteiger partial charge in [0.25, 0.3) is 5.91 Å². The average molecular weight is 486 g/mol. The zero-order valence-electron chi connectivity index (χ0n) is 19.4. The first kappa shape index (κ1) is 22.9. The molecule has 0 spiro atoms. The molecule has 35 heavy (non-hydrogen) atoms. The largest absolute Gasteiger partial charge is 0.497 e. The van der Waals surface area contributed by atoms with Crippen LogP contribution in [0, 0.1) is 0 Å². The summed E-state index contributed by atoms with van der Waals surface area (Å²) in [6.45, 7) is 2.51. The highest BCUT2D eigenvalue weighted by molar-refractivity contribution is 6.30. The van der Waals surface area contributed by atoms with Gasteiger partial charge in [-0.05, 0) is 67.1 Å². The molecular formula is C28H24ClN3O3. The van der Waals surface area contributed by atoms with Crippen LogP contribution in [-0.2, 0) is 0 Å². The predicted molar refractivity (Wildman–Crippen MR) is 137 cm³/mol. The van der Waals surface area contributed by atoms with E-state index in [9.17, 15) is 4.79 Å². The molecule has 0 bridgehead atoms. The van der Waals surface area contributed by atoms with Gasteiger partial charge in [-0.25, -0.2) is 9.99 Å². The minimum Gasteiger partial charge on any atom is -0.497 e. The zero-order chi connectivity index (χ0) is 24.4. The summed E-state index contributed by atoms with van der Waals surface area (Å²) in [5, 5.41) is 7.54. The molecule has 1 amide bonds. The van der Waals surface area contributed by atoms with Crippen molar-refractivity contribution in [3.05, 3.63) is 101 Å². The van der Waals surface area contributed by atoms with Gasteiger partial charge in [-0.2, -0.15) is 5.10 Å². The highest BCUT2D eigenvalue weighted by Gasteiger charge is 2.35. The molecule has 0 saturated carbocycles. The summed E-state index contributed by atoms with van der Waals surface area (Å²) in [5.74, 6) is 1.31. The minimum atomic E-state index is -0.393. The molecule has 1 aromatic heterocycles. The molecule has 0 N–H and O–H groups in total. The highest BCUT2D eigenvalue weighted by Crippen LogP contribution is 2.38. The van der Waals surface area contributed by atoms with Crippen molar-refractivity contribution in [2.45, 2.75) is 19.4 Å². The quantitative estimate of drug-likeness (QED) is 0.301. The third kappa shape index (κ3) is 4.57. The fourth-order valence-corrected chi connectivity index (χ4v) is 4.51. The second-order valence-electron chi connectivity index (χ2n) is 8.17. The van der Waals surface area contributed by atoms with Crippen LogP contribution < -0.4 is 9.47 Å². The smallest absolute Gasteiger partial charge is 0.274 e. The Balaban J connectivity index is 1.56. The Morgan fingerprint density at radius 1 is 1.03 bits per heavy atom. The molecule has 176 valence electrons. The molecule has 0 fully saturated rings. The number of carbonyl (C=O) groups is 1. The third-order valence-corrected chi connectivity index (χ3v) is 6.30. The molecular weight excluding hydrogens is 462 g/mol. The molecule has 5 rings (SSSR count). The SMILES string of the molecule is CCOc1ccc2cc(C3CC(c4ccc(OC)cc4)=NN3C(=O)c3ccccc3)c(Cl)nc2c1. The number of fused-ring (bicyclic) bond motifs is 1. The maximum absolute atomic E-state index is 13.5. The van der Waals surface area contributed by atoms with Crippen LogP contribution in [0.1, 0.15) is 40.9 Å². The third-order valence-electron chi connectivity index (χ3n) is 6.00. The van der Waals surface area contributed by atoms with Gasteiger partial charge in [-0.3, -0.25) is 4.79 Å². The molecule has 1 atom stereocenters. The second-order valence-corrected chi connectivity index (χ2v) is 8.52. The Morgan fingerprint density at radius 3 is 2.49 bits per heavy atom. The van der Waals surface area contributed by atoms with E-state index in [1.54, 1.807) is 19.2 Å². The monoisotopic (exact) mass is 485 g/mol. The molecule has 0 aliphatic carbocycles. The molecule has 0 radical (unpaired) electrons. The van der Waals surface area contributed by atoms with Crippen LogP contribution in [0.2, 0.25) is 5.15 Å². The number of benzene rings is 3. The number of rotatable bonds is 6. The zero-order valence-corrected chi connectivity index (χ0v) is 20.2. The Hall–Kier alpha value is -3.90. The maximum atomic E-state index is 13.5. The number of aromatic nitrogens is 1. The Labute approximate surface area is 208 Å². The molecule has 3 aromatic carbocycles. The average Bonchev–Trinajstić information content (AvgIpc) is 3.34. The van der Waals surface area contributed by atoms with Gasteiger partial charge in [0.2, 0.25) is 0 Å². The van der Waals surface area contributed by atoms with Crippen molar-refractivity contribution < 1.29 is 14.3 Å². The maximum Gasteiger partial charge on any atom is 0.274 e.